The molecule has 2 atom stereocenters. The van der Waals surface area contributed by atoms with E-state index in [0.717, 1.165) is 6.42 Å². The van der Waals surface area contributed by atoms with Gasteiger partial charge in [-0.2, -0.15) is 0 Å². The highest BCUT2D eigenvalue weighted by molar-refractivity contribution is 5.78. The van der Waals surface area contributed by atoms with Crippen molar-refractivity contribution >= 4 is 11.9 Å². The van der Waals surface area contributed by atoms with Gasteiger partial charge in [0.25, 0.3) is 0 Å². The van der Waals surface area contributed by atoms with Crippen LogP contribution in [-0.2, 0) is 19.1 Å². The van der Waals surface area contributed by atoms with Gasteiger partial charge in [0.15, 0.2) is 0 Å². The summed E-state index contributed by atoms with van der Waals surface area (Å²) in [5, 5.41) is 11.6. The SMILES string of the molecule is COCCOCC(=O)N[C@@H]1CC[C@H](C(=O)O)C1. The van der Waals surface area contributed by atoms with Crippen molar-refractivity contribution < 1.29 is 24.2 Å². The van der Waals surface area contributed by atoms with Gasteiger partial charge >= 0.3 is 5.97 Å². The van der Waals surface area contributed by atoms with Crippen LogP contribution in [0, 0.1) is 5.92 Å². The number of carbonyl (C=O) groups is 2. The topological polar surface area (TPSA) is 84.9 Å². The summed E-state index contributed by atoms with van der Waals surface area (Å²) in [7, 11) is 1.56. The van der Waals surface area contributed by atoms with E-state index in [1.54, 1.807) is 7.11 Å². The maximum Gasteiger partial charge on any atom is 0.306 e. The lowest BCUT2D eigenvalue weighted by Gasteiger charge is -2.12. The Morgan fingerprint density at radius 1 is 1.35 bits per heavy atom. The monoisotopic (exact) mass is 245 g/mol. The molecule has 1 aliphatic rings. The van der Waals surface area contributed by atoms with E-state index >= 15 is 0 Å². The molecule has 0 aromatic heterocycles. The molecule has 1 amide bonds. The van der Waals surface area contributed by atoms with Crippen molar-refractivity contribution in [2.75, 3.05) is 26.9 Å². The van der Waals surface area contributed by atoms with Gasteiger partial charge in [0.05, 0.1) is 19.1 Å². The smallest absolute Gasteiger partial charge is 0.306 e. The van der Waals surface area contributed by atoms with E-state index in [1.807, 2.05) is 0 Å². The van der Waals surface area contributed by atoms with Crippen molar-refractivity contribution in [1.82, 2.24) is 5.32 Å². The maximum atomic E-state index is 11.4. The third kappa shape index (κ3) is 5.14. The fourth-order valence-corrected chi connectivity index (χ4v) is 1.91. The summed E-state index contributed by atoms with van der Waals surface area (Å²) in [5.74, 6) is -1.30. The molecule has 17 heavy (non-hydrogen) atoms. The predicted octanol–water partition coefficient (Wildman–Crippen LogP) is 0.0189. The highest BCUT2D eigenvalue weighted by atomic mass is 16.5. The average Bonchev–Trinajstić information content (AvgIpc) is 2.73. The third-order valence-electron chi connectivity index (χ3n) is 2.81. The van der Waals surface area contributed by atoms with E-state index in [-0.39, 0.29) is 24.5 Å². The van der Waals surface area contributed by atoms with Crippen molar-refractivity contribution in [2.45, 2.75) is 25.3 Å². The van der Waals surface area contributed by atoms with Gasteiger partial charge in [-0.25, -0.2) is 0 Å². The number of ether oxygens (including phenoxy) is 2. The molecule has 1 rings (SSSR count). The van der Waals surface area contributed by atoms with E-state index in [1.165, 1.54) is 0 Å². The van der Waals surface area contributed by atoms with Gasteiger partial charge < -0.3 is 19.9 Å². The zero-order valence-electron chi connectivity index (χ0n) is 9.98. The molecule has 0 unspecified atom stereocenters. The fraction of sp³-hybridized carbons (Fsp3) is 0.818. The van der Waals surface area contributed by atoms with Gasteiger partial charge in [0, 0.05) is 13.2 Å². The van der Waals surface area contributed by atoms with Crippen LogP contribution >= 0.6 is 0 Å². The highest BCUT2D eigenvalue weighted by Crippen LogP contribution is 2.25. The first-order valence-corrected chi connectivity index (χ1v) is 5.72. The highest BCUT2D eigenvalue weighted by Gasteiger charge is 2.30. The molecule has 0 spiro atoms. The Balaban J connectivity index is 2.13. The van der Waals surface area contributed by atoms with E-state index in [2.05, 4.69) is 5.32 Å². The second kappa shape index (κ2) is 7.24. The predicted molar refractivity (Wildman–Crippen MR) is 59.6 cm³/mol. The number of carboxylic acids is 1. The first-order chi connectivity index (χ1) is 8.13. The summed E-state index contributed by atoms with van der Waals surface area (Å²) in [6.07, 6.45) is 1.87. The first-order valence-electron chi connectivity index (χ1n) is 5.72. The summed E-state index contributed by atoms with van der Waals surface area (Å²) < 4.78 is 9.84. The van der Waals surface area contributed by atoms with Crippen LogP contribution in [0.15, 0.2) is 0 Å². The number of amides is 1. The maximum absolute atomic E-state index is 11.4. The summed E-state index contributed by atoms with van der Waals surface area (Å²) >= 11 is 0. The van der Waals surface area contributed by atoms with Crippen LogP contribution < -0.4 is 5.32 Å². The minimum absolute atomic E-state index is 0.00238. The van der Waals surface area contributed by atoms with Gasteiger partial charge in [-0.05, 0) is 19.3 Å². The van der Waals surface area contributed by atoms with Gasteiger partial charge in [0.2, 0.25) is 5.91 Å². The van der Waals surface area contributed by atoms with Crippen LogP contribution in [0.2, 0.25) is 0 Å². The van der Waals surface area contributed by atoms with E-state index in [0.29, 0.717) is 26.1 Å². The largest absolute Gasteiger partial charge is 0.481 e. The molecular formula is C11H19NO5. The van der Waals surface area contributed by atoms with E-state index in [9.17, 15) is 9.59 Å². The summed E-state index contributed by atoms with van der Waals surface area (Å²) in [5.41, 5.74) is 0. The Labute approximate surface area is 100 Å². The lowest BCUT2D eigenvalue weighted by Crippen LogP contribution is -2.36. The molecule has 0 radical (unpaired) electrons. The number of hydrogen-bond acceptors (Lipinski definition) is 4. The van der Waals surface area contributed by atoms with Crippen molar-refractivity contribution in [2.24, 2.45) is 5.92 Å². The number of rotatable bonds is 7. The zero-order valence-corrected chi connectivity index (χ0v) is 9.98. The summed E-state index contributed by atoms with van der Waals surface area (Å²) in [6, 6.07) is -0.0328. The standard InChI is InChI=1S/C11H19NO5/c1-16-4-5-17-7-10(13)12-9-3-2-8(6-9)11(14)15/h8-9H,2-7H2,1H3,(H,12,13)(H,14,15)/t8-,9+/m0/s1. The fourth-order valence-electron chi connectivity index (χ4n) is 1.91. The van der Waals surface area contributed by atoms with E-state index < -0.39 is 5.97 Å². The second-order valence-electron chi connectivity index (χ2n) is 4.16. The van der Waals surface area contributed by atoms with Gasteiger partial charge in [0.1, 0.15) is 6.61 Å². The van der Waals surface area contributed by atoms with Crippen LogP contribution in [-0.4, -0.2) is 50.0 Å². The average molecular weight is 245 g/mol. The minimum atomic E-state index is -0.780. The molecular weight excluding hydrogens is 226 g/mol. The van der Waals surface area contributed by atoms with Crippen LogP contribution in [0.3, 0.4) is 0 Å². The van der Waals surface area contributed by atoms with Crippen LogP contribution in [0.5, 0.6) is 0 Å². The Morgan fingerprint density at radius 2 is 2.12 bits per heavy atom. The lowest BCUT2D eigenvalue weighted by molar-refractivity contribution is -0.141. The molecule has 98 valence electrons. The first kappa shape index (κ1) is 13.9. The van der Waals surface area contributed by atoms with Gasteiger partial charge in [-0.1, -0.05) is 0 Å². The Kier molecular flexibility index (Phi) is 5.93. The molecule has 0 heterocycles. The normalized spacial score (nSPS) is 23.6. The van der Waals surface area contributed by atoms with Crippen LogP contribution in [0.1, 0.15) is 19.3 Å². The van der Waals surface area contributed by atoms with Crippen LogP contribution in [0.4, 0.5) is 0 Å². The molecule has 1 aliphatic carbocycles. The zero-order chi connectivity index (χ0) is 12.7. The molecule has 6 nitrogen and oxygen atoms in total. The summed E-state index contributed by atoms with van der Waals surface area (Å²) in [4.78, 5) is 22.1. The number of aliphatic carboxylic acids is 1. The van der Waals surface area contributed by atoms with E-state index in [4.69, 9.17) is 14.6 Å². The minimum Gasteiger partial charge on any atom is -0.481 e. The summed E-state index contributed by atoms with van der Waals surface area (Å²) in [6.45, 7) is 0.835. The third-order valence-corrected chi connectivity index (χ3v) is 2.81. The molecule has 0 saturated heterocycles. The number of carbonyl (C=O) groups excluding carboxylic acids is 1. The molecule has 1 fully saturated rings. The molecule has 1 saturated carbocycles. The van der Waals surface area contributed by atoms with Gasteiger partial charge in [-0.15, -0.1) is 0 Å². The molecule has 0 aromatic carbocycles. The molecule has 0 bridgehead atoms. The van der Waals surface area contributed by atoms with Crippen molar-refractivity contribution in [1.29, 1.82) is 0 Å². The molecule has 2 N–H and O–H groups in total. The molecule has 0 aliphatic heterocycles. The Morgan fingerprint density at radius 3 is 2.71 bits per heavy atom. The molecule has 6 heteroatoms. The van der Waals surface area contributed by atoms with Crippen molar-refractivity contribution in [3.63, 3.8) is 0 Å². The van der Waals surface area contributed by atoms with Crippen LogP contribution in [0.25, 0.3) is 0 Å². The Bertz CT molecular complexity index is 269. The quantitative estimate of drug-likeness (QED) is 0.618. The van der Waals surface area contributed by atoms with Crippen molar-refractivity contribution in [3.8, 4) is 0 Å². The van der Waals surface area contributed by atoms with Gasteiger partial charge in [-0.3, -0.25) is 9.59 Å². The number of hydrogen-bond donors (Lipinski definition) is 2. The second-order valence-corrected chi connectivity index (χ2v) is 4.16. The number of methoxy groups -OCH3 is 1. The Hall–Kier alpha value is -1.14. The number of carboxylic acid groups (broad SMARTS) is 1. The molecule has 0 aromatic rings. The number of nitrogens with one attached hydrogen (secondary N) is 1. The lowest BCUT2D eigenvalue weighted by atomic mass is 10.1. The van der Waals surface area contributed by atoms with Crippen molar-refractivity contribution in [3.05, 3.63) is 0 Å².